The number of allylic oxidation sites excluding steroid dienone is 1. The molecule has 1 aromatic carbocycles. The number of benzene rings is 1. The molecule has 0 bridgehead atoms. The Bertz CT molecular complexity index is 565. The van der Waals surface area contributed by atoms with Gasteiger partial charge in [-0.3, -0.25) is 4.79 Å². The molecule has 0 aromatic heterocycles. The van der Waals surface area contributed by atoms with Gasteiger partial charge in [-0.2, -0.15) is 0 Å². The maximum absolute atomic E-state index is 12.9. The first-order valence-electron chi connectivity index (χ1n) is 7.69. The minimum atomic E-state index is -0.530. The predicted molar refractivity (Wildman–Crippen MR) is 84.0 cm³/mol. The van der Waals surface area contributed by atoms with Crippen molar-refractivity contribution in [1.82, 2.24) is 0 Å². The smallest absolute Gasteiger partial charge is 0.163 e. The van der Waals surface area contributed by atoms with Gasteiger partial charge in [0.2, 0.25) is 0 Å². The van der Waals surface area contributed by atoms with Crippen molar-refractivity contribution in [2.75, 3.05) is 0 Å². The highest BCUT2D eigenvalue weighted by atomic mass is 19.1. The average molecular weight is 303 g/mol. The molecule has 1 aliphatic carbocycles. The molecule has 0 saturated carbocycles. The first kappa shape index (κ1) is 16.6. The molecule has 118 valence electrons. The van der Waals surface area contributed by atoms with E-state index in [0.717, 1.165) is 31.1 Å². The number of Topliss-reactive ketones (excluding diaryl/α,β-unsaturated/α-hetero) is 1. The van der Waals surface area contributed by atoms with Crippen LogP contribution in [0.4, 0.5) is 4.39 Å². The van der Waals surface area contributed by atoms with Crippen LogP contribution < -0.4 is 5.73 Å². The van der Waals surface area contributed by atoms with E-state index in [-0.39, 0.29) is 18.0 Å². The largest absolute Gasteiger partial charge is 0.324 e. The summed E-state index contributed by atoms with van der Waals surface area (Å²) in [5.74, 6) is -0.456. The van der Waals surface area contributed by atoms with Gasteiger partial charge in [0.25, 0.3) is 0 Å². The third-order valence-electron chi connectivity index (χ3n) is 4.36. The number of hydrogen-bond acceptors (Lipinski definition) is 3. The molecule has 0 unspecified atom stereocenters. The van der Waals surface area contributed by atoms with Gasteiger partial charge in [-0.05, 0) is 49.4 Å². The van der Waals surface area contributed by atoms with Crippen molar-refractivity contribution < 1.29 is 14.0 Å². The number of nitrogens with two attached hydrogens (primary N) is 1. The number of aldehydes is 1. The number of rotatable bonds is 6. The molecule has 3 nitrogen and oxygen atoms in total. The third kappa shape index (κ3) is 4.10. The minimum absolute atomic E-state index is 0.0587. The van der Waals surface area contributed by atoms with Gasteiger partial charge in [-0.1, -0.05) is 18.6 Å². The lowest BCUT2D eigenvalue weighted by atomic mass is 9.82. The van der Waals surface area contributed by atoms with Gasteiger partial charge in [0.05, 0.1) is 0 Å². The van der Waals surface area contributed by atoms with Gasteiger partial charge in [0.15, 0.2) is 5.78 Å². The summed E-state index contributed by atoms with van der Waals surface area (Å²) in [7, 11) is 0. The Hall–Kier alpha value is -1.81. The number of carbonyl (C=O) groups is 2. The van der Waals surface area contributed by atoms with E-state index in [0.29, 0.717) is 11.5 Å². The zero-order chi connectivity index (χ0) is 16.1. The summed E-state index contributed by atoms with van der Waals surface area (Å²) in [4.78, 5) is 23.6. The molecule has 0 radical (unpaired) electrons. The lowest BCUT2D eigenvalue weighted by Gasteiger charge is -2.26. The van der Waals surface area contributed by atoms with E-state index >= 15 is 0 Å². The summed E-state index contributed by atoms with van der Waals surface area (Å²) in [6, 6.07) is 4.95. The molecule has 2 N–H and O–H groups in total. The standard InChI is InChI=1S/C18H22FNO2/c1-12-2-4-14(5-3-12)18(20)15(11-21)10-17(22)13-6-8-16(19)9-7-13/h4,6-9,11-12,15,18H,2-3,5,10,20H2,1H3/t12-,15+,18+/m0/s1. The van der Waals surface area contributed by atoms with E-state index in [4.69, 9.17) is 5.73 Å². The Morgan fingerprint density at radius 3 is 2.64 bits per heavy atom. The lowest BCUT2D eigenvalue weighted by molar-refractivity contribution is -0.111. The van der Waals surface area contributed by atoms with E-state index in [2.05, 4.69) is 13.0 Å². The molecule has 0 saturated heterocycles. The van der Waals surface area contributed by atoms with E-state index in [1.54, 1.807) is 0 Å². The van der Waals surface area contributed by atoms with Crippen molar-refractivity contribution in [3.05, 3.63) is 47.3 Å². The van der Waals surface area contributed by atoms with Gasteiger partial charge < -0.3 is 10.5 Å². The zero-order valence-electron chi connectivity index (χ0n) is 12.8. The molecule has 22 heavy (non-hydrogen) atoms. The molecule has 0 aliphatic heterocycles. The zero-order valence-corrected chi connectivity index (χ0v) is 12.8. The SMILES string of the molecule is C[C@H]1CC=C([C@@H](N)[C@@H](C=O)CC(=O)c2ccc(F)cc2)CC1. The summed E-state index contributed by atoms with van der Waals surface area (Å²) in [6.45, 7) is 2.19. The Labute approximate surface area is 130 Å². The van der Waals surface area contributed by atoms with Crippen LogP contribution in [0.2, 0.25) is 0 Å². The van der Waals surface area contributed by atoms with Crippen LogP contribution in [0.15, 0.2) is 35.9 Å². The quantitative estimate of drug-likeness (QED) is 0.498. The Morgan fingerprint density at radius 2 is 2.09 bits per heavy atom. The maximum Gasteiger partial charge on any atom is 0.163 e. The van der Waals surface area contributed by atoms with Crippen LogP contribution in [0.3, 0.4) is 0 Å². The van der Waals surface area contributed by atoms with E-state index in [9.17, 15) is 14.0 Å². The minimum Gasteiger partial charge on any atom is -0.324 e. The van der Waals surface area contributed by atoms with Crippen LogP contribution in [0.1, 0.15) is 43.0 Å². The van der Waals surface area contributed by atoms with Gasteiger partial charge in [0.1, 0.15) is 12.1 Å². The molecule has 1 aliphatic rings. The van der Waals surface area contributed by atoms with E-state index < -0.39 is 12.0 Å². The summed E-state index contributed by atoms with van der Waals surface area (Å²) in [5, 5.41) is 0. The first-order chi connectivity index (χ1) is 10.5. The van der Waals surface area contributed by atoms with Crippen molar-refractivity contribution in [3.63, 3.8) is 0 Å². The first-order valence-corrected chi connectivity index (χ1v) is 7.69. The lowest BCUT2D eigenvalue weighted by Crippen LogP contribution is -2.35. The number of hydrogen-bond donors (Lipinski definition) is 1. The fraction of sp³-hybridized carbons (Fsp3) is 0.444. The fourth-order valence-corrected chi connectivity index (χ4v) is 2.79. The van der Waals surface area contributed by atoms with Crippen molar-refractivity contribution >= 4 is 12.1 Å². The molecule has 0 spiro atoms. The van der Waals surface area contributed by atoms with E-state index in [1.165, 1.54) is 24.3 Å². The average Bonchev–Trinajstić information content (AvgIpc) is 2.53. The molecule has 1 aromatic rings. The third-order valence-corrected chi connectivity index (χ3v) is 4.36. The molecular weight excluding hydrogens is 281 g/mol. The molecule has 4 heteroatoms. The molecule has 3 atom stereocenters. The van der Waals surface area contributed by atoms with Crippen molar-refractivity contribution in [3.8, 4) is 0 Å². The highest BCUT2D eigenvalue weighted by molar-refractivity contribution is 5.97. The topological polar surface area (TPSA) is 60.2 Å². The molecule has 0 fully saturated rings. The van der Waals surface area contributed by atoms with Crippen molar-refractivity contribution in [1.29, 1.82) is 0 Å². The van der Waals surface area contributed by atoms with Crippen LogP contribution >= 0.6 is 0 Å². The van der Waals surface area contributed by atoms with Crippen molar-refractivity contribution in [2.24, 2.45) is 17.6 Å². The second-order valence-corrected chi connectivity index (χ2v) is 6.12. The fourth-order valence-electron chi connectivity index (χ4n) is 2.79. The molecule has 2 rings (SSSR count). The number of carbonyl (C=O) groups excluding carboxylic acids is 2. The maximum atomic E-state index is 12.9. The second kappa shape index (κ2) is 7.45. The summed E-state index contributed by atoms with van der Waals surface area (Å²) in [5.41, 5.74) is 7.67. The number of halogens is 1. The normalized spacial score (nSPS) is 20.9. The Morgan fingerprint density at radius 1 is 1.41 bits per heavy atom. The van der Waals surface area contributed by atoms with Gasteiger partial charge in [0, 0.05) is 23.9 Å². The summed E-state index contributed by atoms with van der Waals surface area (Å²) < 4.78 is 12.9. The molecule has 0 amide bonds. The predicted octanol–water partition coefficient (Wildman–Crippen LogP) is 3.29. The summed E-state index contributed by atoms with van der Waals surface area (Å²) in [6.07, 6.45) is 5.86. The van der Waals surface area contributed by atoms with Gasteiger partial charge in [-0.15, -0.1) is 0 Å². The second-order valence-electron chi connectivity index (χ2n) is 6.12. The Balaban J connectivity index is 2.03. The van der Waals surface area contributed by atoms with Crippen LogP contribution in [-0.4, -0.2) is 18.1 Å². The van der Waals surface area contributed by atoms with Crippen molar-refractivity contribution in [2.45, 2.75) is 38.6 Å². The monoisotopic (exact) mass is 303 g/mol. The van der Waals surface area contributed by atoms with Crippen LogP contribution in [0.25, 0.3) is 0 Å². The van der Waals surface area contributed by atoms with Gasteiger partial charge >= 0.3 is 0 Å². The number of ketones is 1. The molecule has 0 heterocycles. The highest BCUT2D eigenvalue weighted by Gasteiger charge is 2.25. The highest BCUT2D eigenvalue weighted by Crippen LogP contribution is 2.27. The van der Waals surface area contributed by atoms with E-state index in [1.807, 2.05) is 0 Å². The van der Waals surface area contributed by atoms with Crippen LogP contribution in [0, 0.1) is 17.7 Å². The summed E-state index contributed by atoms with van der Waals surface area (Å²) >= 11 is 0. The van der Waals surface area contributed by atoms with Crippen LogP contribution in [0.5, 0.6) is 0 Å². The van der Waals surface area contributed by atoms with Crippen LogP contribution in [-0.2, 0) is 4.79 Å². The Kier molecular flexibility index (Phi) is 5.61. The van der Waals surface area contributed by atoms with Gasteiger partial charge in [-0.25, -0.2) is 4.39 Å². The molecular formula is C18H22FNO2.